The second-order valence-electron chi connectivity index (χ2n) is 6.43. The molecule has 0 spiro atoms. The maximum absolute atomic E-state index is 11.9. The zero-order valence-corrected chi connectivity index (χ0v) is 18.7. The van der Waals surface area contributed by atoms with Crippen LogP contribution in [-0.4, -0.2) is 36.9 Å². The molecule has 0 fully saturated rings. The summed E-state index contributed by atoms with van der Waals surface area (Å²) in [4.78, 5) is 22.8. The van der Waals surface area contributed by atoms with Crippen molar-refractivity contribution in [3.8, 4) is 17.2 Å². The molecule has 0 unspecified atom stereocenters. The molecule has 3 aromatic rings. The van der Waals surface area contributed by atoms with Gasteiger partial charge in [-0.15, -0.1) is 0 Å². The first-order valence-electron chi connectivity index (χ1n) is 9.38. The van der Waals surface area contributed by atoms with E-state index in [2.05, 4.69) is 10.5 Å². The third-order valence-corrected chi connectivity index (χ3v) is 4.62. The molecule has 1 aromatic heterocycles. The molecule has 2 aromatic carbocycles. The van der Waals surface area contributed by atoms with Crippen molar-refractivity contribution in [1.29, 1.82) is 0 Å². The van der Waals surface area contributed by atoms with Gasteiger partial charge in [-0.1, -0.05) is 23.2 Å². The van der Waals surface area contributed by atoms with Gasteiger partial charge in [-0.05, 0) is 54.1 Å². The number of halogens is 2. The Bertz CT molecular complexity index is 1180. The summed E-state index contributed by atoms with van der Waals surface area (Å²) in [5.41, 5.74) is 2.98. The second-order valence-corrected chi connectivity index (χ2v) is 7.27. The van der Waals surface area contributed by atoms with E-state index >= 15 is 0 Å². The van der Waals surface area contributed by atoms with Gasteiger partial charge in [0.2, 0.25) is 5.76 Å². The van der Waals surface area contributed by atoms with Crippen LogP contribution in [0.3, 0.4) is 0 Å². The molecule has 3 rings (SSSR count). The van der Waals surface area contributed by atoms with Gasteiger partial charge in [-0.3, -0.25) is 4.79 Å². The van der Waals surface area contributed by atoms with Crippen molar-refractivity contribution in [1.82, 2.24) is 5.43 Å². The molecule has 0 aliphatic rings. The highest BCUT2D eigenvalue weighted by Crippen LogP contribution is 2.29. The molecular formula is C22H18Cl2N2O7. The number of ether oxygens (including phenoxy) is 3. The minimum absolute atomic E-state index is 0.0186. The van der Waals surface area contributed by atoms with Crippen molar-refractivity contribution in [2.75, 3.05) is 13.7 Å². The second kappa shape index (κ2) is 11.3. The van der Waals surface area contributed by atoms with E-state index in [0.29, 0.717) is 38.6 Å². The monoisotopic (exact) mass is 492 g/mol. The Hall–Kier alpha value is -3.69. The predicted octanol–water partition coefficient (Wildman–Crippen LogP) is 4.40. The van der Waals surface area contributed by atoms with E-state index in [1.807, 2.05) is 0 Å². The maximum atomic E-state index is 11.9. The molecule has 0 saturated carbocycles. The Morgan fingerprint density at radius 2 is 1.85 bits per heavy atom. The van der Waals surface area contributed by atoms with E-state index in [-0.39, 0.29) is 19.0 Å². The first-order chi connectivity index (χ1) is 15.9. The van der Waals surface area contributed by atoms with Crippen molar-refractivity contribution in [2.24, 2.45) is 5.10 Å². The van der Waals surface area contributed by atoms with Crippen LogP contribution in [0.4, 0.5) is 0 Å². The molecule has 11 heteroatoms. The van der Waals surface area contributed by atoms with Crippen LogP contribution in [0.1, 0.15) is 21.9 Å². The van der Waals surface area contributed by atoms with E-state index in [0.717, 1.165) is 0 Å². The number of methoxy groups -OCH3 is 1. The Kier molecular flexibility index (Phi) is 8.17. The van der Waals surface area contributed by atoms with Crippen LogP contribution < -0.4 is 19.6 Å². The van der Waals surface area contributed by atoms with Crippen LogP contribution in [0.5, 0.6) is 17.2 Å². The molecule has 0 atom stereocenters. The van der Waals surface area contributed by atoms with Crippen molar-refractivity contribution < 1.29 is 33.3 Å². The number of carbonyl (C=O) groups excluding carboxylic acids is 1. The number of hydrogen-bond donors (Lipinski definition) is 2. The lowest BCUT2D eigenvalue weighted by Crippen LogP contribution is -2.24. The Labute approximate surface area is 198 Å². The Morgan fingerprint density at radius 3 is 2.55 bits per heavy atom. The summed E-state index contributed by atoms with van der Waals surface area (Å²) >= 11 is 11.8. The number of aromatic carboxylic acids is 1. The lowest BCUT2D eigenvalue weighted by atomic mass is 10.2. The van der Waals surface area contributed by atoms with Crippen LogP contribution in [0.2, 0.25) is 10.0 Å². The number of amides is 1. The summed E-state index contributed by atoms with van der Waals surface area (Å²) in [5, 5.41) is 13.5. The van der Waals surface area contributed by atoms with E-state index < -0.39 is 11.9 Å². The molecule has 33 heavy (non-hydrogen) atoms. The molecule has 0 aliphatic carbocycles. The number of furan rings is 1. The molecule has 2 N–H and O–H groups in total. The lowest BCUT2D eigenvalue weighted by molar-refractivity contribution is -0.123. The number of benzene rings is 2. The first kappa shape index (κ1) is 24.0. The molecular weight excluding hydrogens is 475 g/mol. The Morgan fingerprint density at radius 1 is 1.06 bits per heavy atom. The third kappa shape index (κ3) is 6.90. The van der Waals surface area contributed by atoms with Crippen LogP contribution in [0, 0.1) is 0 Å². The number of carbonyl (C=O) groups is 2. The highest BCUT2D eigenvalue weighted by molar-refractivity contribution is 6.35. The average Bonchev–Trinajstić information content (AvgIpc) is 3.27. The van der Waals surface area contributed by atoms with Crippen LogP contribution in [0.25, 0.3) is 0 Å². The third-order valence-electron chi connectivity index (χ3n) is 4.09. The average molecular weight is 493 g/mol. The number of rotatable bonds is 10. The number of nitrogens with zero attached hydrogens (tertiary/aromatic N) is 1. The minimum atomic E-state index is -1.16. The molecule has 0 aliphatic heterocycles. The number of carboxylic acid groups (broad SMARTS) is 1. The summed E-state index contributed by atoms with van der Waals surface area (Å²) < 4.78 is 21.4. The van der Waals surface area contributed by atoms with E-state index in [9.17, 15) is 9.59 Å². The lowest BCUT2D eigenvalue weighted by Gasteiger charge is -2.10. The van der Waals surface area contributed by atoms with Crippen molar-refractivity contribution >= 4 is 41.3 Å². The number of hydrogen-bond acceptors (Lipinski definition) is 7. The minimum Gasteiger partial charge on any atom is -0.493 e. The summed E-state index contributed by atoms with van der Waals surface area (Å²) in [6.07, 6.45) is 1.42. The van der Waals surface area contributed by atoms with E-state index in [1.54, 1.807) is 30.3 Å². The molecule has 172 valence electrons. The summed E-state index contributed by atoms with van der Waals surface area (Å²) in [6.45, 7) is -0.268. The van der Waals surface area contributed by atoms with Gasteiger partial charge in [0.1, 0.15) is 18.1 Å². The van der Waals surface area contributed by atoms with Crippen LogP contribution in [0.15, 0.2) is 58.0 Å². The van der Waals surface area contributed by atoms with Gasteiger partial charge in [0.25, 0.3) is 5.91 Å². The molecule has 0 radical (unpaired) electrons. The van der Waals surface area contributed by atoms with Crippen LogP contribution >= 0.6 is 23.2 Å². The largest absolute Gasteiger partial charge is 0.493 e. The van der Waals surface area contributed by atoms with Gasteiger partial charge in [0, 0.05) is 5.02 Å². The smallest absolute Gasteiger partial charge is 0.371 e. The van der Waals surface area contributed by atoms with Gasteiger partial charge < -0.3 is 23.7 Å². The van der Waals surface area contributed by atoms with Crippen molar-refractivity contribution in [2.45, 2.75) is 6.61 Å². The standard InChI is InChI=1S/C22H18Cl2N2O7/c1-30-20-8-13(2-5-18(20)31-11-15-4-7-19(33-15)22(28)29)10-25-26-21(27)12-32-17-6-3-14(23)9-16(17)24/h2-10H,11-12H2,1H3,(H,26,27)(H,28,29)/b25-10+. The van der Waals surface area contributed by atoms with Gasteiger partial charge in [-0.2, -0.15) is 5.10 Å². The zero-order valence-electron chi connectivity index (χ0n) is 17.2. The topological polar surface area (TPSA) is 120 Å². The summed E-state index contributed by atoms with van der Waals surface area (Å²) in [6, 6.07) is 12.5. The molecule has 0 bridgehead atoms. The number of hydrazone groups is 1. The normalized spacial score (nSPS) is 10.8. The summed E-state index contributed by atoms with van der Waals surface area (Å²) in [5.74, 6) is -0.301. The van der Waals surface area contributed by atoms with Crippen molar-refractivity contribution in [3.05, 3.63) is 75.7 Å². The first-order valence-corrected chi connectivity index (χ1v) is 10.1. The molecule has 1 amide bonds. The van der Waals surface area contributed by atoms with Gasteiger partial charge in [-0.25, -0.2) is 10.2 Å². The fraction of sp³-hybridized carbons (Fsp3) is 0.136. The SMILES string of the molecule is COc1cc(/C=N/NC(=O)COc2ccc(Cl)cc2Cl)ccc1OCc1ccc(C(=O)O)o1. The fourth-order valence-corrected chi connectivity index (χ4v) is 3.01. The van der Waals surface area contributed by atoms with Gasteiger partial charge >= 0.3 is 5.97 Å². The molecule has 1 heterocycles. The maximum Gasteiger partial charge on any atom is 0.371 e. The summed E-state index contributed by atoms with van der Waals surface area (Å²) in [7, 11) is 1.47. The van der Waals surface area contributed by atoms with E-state index in [4.69, 9.17) is 46.9 Å². The quantitative estimate of drug-likeness (QED) is 0.317. The highest BCUT2D eigenvalue weighted by atomic mass is 35.5. The van der Waals surface area contributed by atoms with Gasteiger partial charge in [0.15, 0.2) is 18.1 Å². The highest BCUT2D eigenvalue weighted by Gasteiger charge is 2.11. The number of nitrogens with one attached hydrogen (secondary N) is 1. The van der Waals surface area contributed by atoms with Crippen LogP contribution in [-0.2, 0) is 11.4 Å². The predicted molar refractivity (Wildman–Crippen MR) is 121 cm³/mol. The zero-order chi connectivity index (χ0) is 23.8. The Balaban J connectivity index is 1.52. The van der Waals surface area contributed by atoms with Crippen molar-refractivity contribution in [3.63, 3.8) is 0 Å². The molecule has 9 nitrogen and oxygen atoms in total. The molecule has 0 saturated heterocycles. The fourth-order valence-electron chi connectivity index (χ4n) is 2.55. The van der Waals surface area contributed by atoms with E-state index in [1.165, 1.54) is 31.5 Å². The number of carboxylic acids is 1. The van der Waals surface area contributed by atoms with Gasteiger partial charge in [0.05, 0.1) is 18.3 Å².